The molecule has 0 aromatic carbocycles. The second kappa shape index (κ2) is 4.87. The lowest BCUT2D eigenvalue weighted by Gasteiger charge is -1.91. The Balaban J connectivity index is 2.58. The van der Waals surface area contributed by atoms with Crippen molar-refractivity contribution in [3.05, 3.63) is 23.9 Å². The Morgan fingerprint density at radius 3 is 2.83 bits per heavy atom. The fourth-order valence-electron chi connectivity index (χ4n) is 0.709. The normalized spacial score (nSPS) is 10.8. The van der Waals surface area contributed by atoms with Crippen LogP contribution in [0.25, 0.3) is 6.08 Å². The van der Waals surface area contributed by atoms with Crippen LogP contribution in [-0.2, 0) is 0 Å². The monoisotopic (exact) mass is 227 g/mol. The summed E-state index contributed by atoms with van der Waals surface area (Å²) in [5.41, 5.74) is 6.21. The molecule has 0 aliphatic heterocycles. The number of nitrogens with two attached hydrogens (primary N) is 1. The van der Waals surface area contributed by atoms with Crippen LogP contribution in [0.1, 0.15) is 12.1 Å². The summed E-state index contributed by atoms with van der Waals surface area (Å²) in [5.74, 6) is 0.452. The number of alkyl halides is 1. The van der Waals surface area contributed by atoms with Crippen LogP contribution in [0.3, 0.4) is 0 Å². The lowest BCUT2D eigenvalue weighted by molar-refractivity contribution is 1.03. The molecule has 0 bridgehead atoms. The maximum absolute atomic E-state index is 5.38. The Morgan fingerprint density at radius 2 is 2.25 bits per heavy atom. The van der Waals surface area contributed by atoms with Gasteiger partial charge in [-0.2, -0.15) is 0 Å². The van der Waals surface area contributed by atoms with E-state index < -0.39 is 0 Å². The molecule has 0 fully saturated rings. The number of hydrogen-bond acceptors (Lipinski definition) is 3. The van der Waals surface area contributed by atoms with Crippen molar-refractivity contribution in [3.63, 3.8) is 0 Å². The Morgan fingerprint density at radius 1 is 1.42 bits per heavy atom. The van der Waals surface area contributed by atoms with E-state index in [9.17, 15) is 0 Å². The zero-order chi connectivity index (χ0) is 8.81. The molecule has 4 heteroatoms. The molecule has 1 aromatic heterocycles. The number of rotatable bonds is 3. The minimum absolute atomic E-state index is 0.452. The van der Waals surface area contributed by atoms with Crippen LogP contribution in [0.15, 0.2) is 18.2 Å². The molecule has 1 rings (SSSR count). The predicted octanol–water partition coefficient (Wildman–Crippen LogP) is 1.86. The highest BCUT2D eigenvalue weighted by Gasteiger charge is 1.88. The van der Waals surface area contributed by atoms with Crippen LogP contribution in [0.2, 0.25) is 0 Å². The van der Waals surface area contributed by atoms with Crippen LogP contribution >= 0.6 is 15.9 Å². The van der Waals surface area contributed by atoms with Gasteiger partial charge in [-0.1, -0.05) is 22.0 Å². The third-order valence-corrected chi connectivity index (χ3v) is 1.73. The van der Waals surface area contributed by atoms with E-state index in [1.165, 1.54) is 0 Å². The van der Waals surface area contributed by atoms with Crippen LogP contribution in [0, 0.1) is 0 Å². The van der Waals surface area contributed by atoms with Gasteiger partial charge in [-0.25, -0.2) is 0 Å². The lowest BCUT2D eigenvalue weighted by Crippen LogP contribution is -1.92. The number of allylic oxidation sites excluding steroid dienone is 1. The molecule has 0 aliphatic rings. The number of nitrogen functional groups attached to an aromatic ring is 1. The van der Waals surface area contributed by atoms with E-state index in [-0.39, 0.29) is 0 Å². The van der Waals surface area contributed by atoms with E-state index in [1.54, 1.807) is 6.07 Å². The van der Waals surface area contributed by atoms with Crippen LogP contribution < -0.4 is 5.73 Å². The molecule has 0 amide bonds. The Bertz CT molecular complexity index is 256. The van der Waals surface area contributed by atoms with Crippen molar-refractivity contribution in [1.82, 2.24) is 10.2 Å². The van der Waals surface area contributed by atoms with Gasteiger partial charge in [-0.15, -0.1) is 10.2 Å². The van der Waals surface area contributed by atoms with Crippen LogP contribution in [0.4, 0.5) is 5.82 Å². The van der Waals surface area contributed by atoms with Crippen molar-refractivity contribution in [1.29, 1.82) is 0 Å². The molecular weight excluding hydrogens is 218 g/mol. The van der Waals surface area contributed by atoms with Gasteiger partial charge >= 0.3 is 0 Å². The first-order valence-corrected chi connectivity index (χ1v) is 4.77. The standard InChI is InChI=1S/C8H10BrN3/c9-6-2-1-3-7-4-5-8(10)12-11-7/h1,3-5H,2,6H2,(H2,10,12). The number of aromatic nitrogens is 2. The minimum Gasteiger partial charge on any atom is -0.382 e. The highest BCUT2D eigenvalue weighted by molar-refractivity contribution is 9.09. The molecule has 0 spiro atoms. The van der Waals surface area contributed by atoms with Crippen molar-refractivity contribution in [3.8, 4) is 0 Å². The number of nitrogens with zero attached hydrogens (tertiary/aromatic N) is 2. The summed E-state index contributed by atoms with van der Waals surface area (Å²) in [7, 11) is 0. The molecule has 0 aliphatic carbocycles. The molecule has 0 atom stereocenters. The first-order chi connectivity index (χ1) is 5.83. The van der Waals surface area contributed by atoms with Gasteiger partial charge in [0.1, 0.15) is 5.82 Å². The summed E-state index contributed by atoms with van der Waals surface area (Å²) in [6, 6.07) is 3.58. The van der Waals surface area contributed by atoms with Crippen LogP contribution in [-0.4, -0.2) is 15.5 Å². The van der Waals surface area contributed by atoms with Gasteiger partial charge in [0, 0.05) is 5.33 Å². The molecular formula is C8H10BrN3. The second-order valence-corrected chi connectivity index (χ2v) is 3.06. The van der Waals surface area contributed by atoms with Crippen molar-refractivity contribution in [2.24, 2.45) is 0 Å². The molecule has 0 saturated carbocycles. The third-order valence-electron chi connectivity index (χ3n) is 1.27. The molecule has 0 radical (unpaired) electrons. The van der Waals surface area contributed by atoms with Gasteiger partial charge in [0.2, 0.25) is 0 Å². The molecule has 1 aromatic rings. The molecule has 64 valence electrons. The maximum Gasteiger partial charge on any atom is 0.146 e. The SMILES string of the molecule is Nc1ccc(C=CCCBr)nn1. The quantitative estimate of drug-likeness (QED) is 0.803. The van der Waals surface area contributed by atoms with Gasteiger partial charge in [0.25, 0.3) is 0 Å². The van der Waals surface area contributed by atoms with Crippen molar-refractivity contribution < 1.29 is 0 Å². The van der Waals surface area contributed by atoms with Gasteiger partial charge in [-0.3, -0.25) is 0 Å². The number of anilines is 1. The molecule has 12 heavy (non-hydrogen) atoms. The van der Waals surface area contributed by atoms with Crippen LogP contribution in [0.5, 0.6) is 0 Å². The van der Waals surface area contributed by atoms with Crippen molar-refractivity contribution in [2.75, 3.05) is 11.1 Å². The van der Waals surface area contributed by atoms with E-state index >= 15 is 0 Å². The fourth-order valence-corrected chi connectivity index (χ4v) is 0.973. The first kappa shape index (κ1) is 9.19. The zero-order valence-corrected chi connectivity index (χ0v) is 8.16. The lowest BCUT2D eigenvalue weighted by atomic mass is 10.3. The minimum atomic E-state index is 0.452. The Kier molecular flexibility index (Phi) is 3.73. The average Bonchev–Trinajstić information content (AvgIpc) is 2.09. The molecule has 3 nitrogen and oxygen atoms in total. The predicted molar refractivity (Wildman–Crippen MR) is 53.9 cm³/mol. The van der Waals surface area contributed by atoms with Gasteiger partial charge < -0.3 is 5.73 Å². The molecule has 0 unspecified atom stereocenters. The average molecular weight is 228 g/mol. The molecule has 0 saturated heterocycles. The summed E-state index contributed by atoms with van der Waals surface area (Å²) >= 11 is 3.33. The van der Waals surface area contributed by atoms with Crippen molar-refractivity contribution in [2.45, 2.75) is 6.42 Å². The summed E-state index contributed by atoms with van der Waals surface area (Å²) < 4.78 is 0. The van der Waals surface area contributed by atoms with E-state index in [2.05, 4.69) is 26.1 Å². The molecule has 2 N–H and O–H groups in total. The van der Waals surface area contributed by atoms with E-state index in [4.69, 9.17) is 5.73 Å². The maximum atomic E-state index is 5.38. The number of halogens is 1. The van der Waals surface area contributed by atoms with E-state index in [0.717, 1.165) is 17.4 Å². The second-order valence-electron chi connectivity index (χ2n) is 2.26. The summed E-state index contributed by atoms with van der Waals surface area (Å²) in [4.78, 5) is 0. The third kappa shape index (κ3) is 3.00. The largest absolute Gasteiger partial charge is 0.382 e. The fraction of sp³-hybridized carbons (Fsp3) is 0.250. The zero-order valence-electron chi connectivity index (χ0n) is 6.57. The highest BCUT2D eigenvalue weighted by atomic mass is 79.9. The summed E-state index contributed by atoms with van der Waals surface area (Å²) in [6.07, 6.45) is 4.95. The summed E-state index contributed by atoms with van der Waals surface area (Å²) in [5, 5.41) is 8.56. The molecule has 1 heterocycles. The van der Waals surface area contributed by atoms with Crippen molar-refractivity contribution >= 4 is 27.8 Å². The van der Waals surface area contributed by atoms with E-state index in [0.29, 0.717) is 5.82 Å². The topological polar surface area (TPSA) is 51.8 Å². The van der Waals surface area contributed by atoms with Gasteiger partial charge in [-0.05, 0) is 24.6 Å². The Hall–Kier alpha value is -0.900. The van der Waals surface area contributed by atoms with Gasteiger partial charge in [0.15, 0.2) is 0 Å². The smallest absolute Gasteiger partial charge is 0.146 e. The summed E-state index contributed by atoms with van der Waals surface area (Å²) in [6.45, 7) is 0. The number of hydrogen-bond donors (Lipinski definition) is 1. The highest BCUT2D eigenvalue weighted by Crippen LogP contribution is 2.00. The first-order valence-electron chi connectivity index (χ1n) is 3.64. The Labute approximate surface area is 79.8 Å². The van der Waals surface area contributed by atoms with E-state index in [1.807, 2.05) is 18.2 Å². The van der Waals surface area contributed by atoms with Gasteiger partial charge in [0.05, 0.1) is 5.69 Å².